The third-order valence-electron chi connectivity index (χ3n) is 4.34. The molecular weight excluding hydrogens is 296 g/mol. The third kappa shape index (κ3) is 8.90. The summed E-state index contributed by atoms with van der Waals surface area (Å²) < 4.78 is 5.34. The van der Waals surface area contributed by atoms with Gasteiger partial charge in [0.05, 0.1) is 12.2 Å². The minimum Gasteiger partial charge on any atom is -0.462 e. The molecule has 0 fully saturated rings. The van der Waals surface area contributed by atoms with Gasteiger partial charge in [-0.2, -0.15) is 0 Å². The molecule has 0 aromatic heterocycles. The van der Waals surface area contributed by atoms with Crippen molar-refractivity contribution in [1.29, 1.82) is 0 Å². The molecule has 0 heterocycles. The zero-order valence-corrected chi connectivity index (χ0v) is 15.6. The Kier molecular flexibility index (Phi) is 10.9. The highest BCUT2D eigenvalue weighted by Crippen LogP contribution is 2.14. The van der Waals surface area contributed by atoms with Gasteiger partial charge in [0.15, 0.2) is 0 Å². The number of ether oxygens (including phenoxy) is 1. The number of rotatable bonds is 13. The Hall–Kier alpha value is -1.57. The van der Waals surface area contributed by atoms with Crippen molar-refractivity contribution in [3.05, 3.63) is 42.0 Å². The molecule has 0 N–H and O–H groups in total. The molecule has 1 aromatic rings. The van der Waals surface area contributed by atoms with E-state index in [0.29, 0.717) is 12.2 Å². The van der Waals surface area contributed by atoms with Crippen LogP contribution in [0, 0.1) is 0 Å². The Morgan fingerprint density at radius 2 is 1.29 bits per heavy atom. The SMILES string of the molecule is C=C(C)c1ccc(C(=O)OCCCCCCCCCCCC)cc1. The molecule has 0 radical (unpaired) electrons. The molecule has 24 heavy (non-hydrogen) atoms. The quantitative estimate of drug-likeness (QED) is 0.294. The molecule has 0 saturated heterocycles. The normalized spacial score (nSPS) is 10.6. The van der Waals surface area contributed by atoms with Crippen molar-refractivity contribution in [2.75, 3.05) is 6.61 Å². The Balaban J connectivity index is 2.02. The molecule has 0 aliphatic heterocycles. The standard InChI is InChI=1S/C22H34O2/c1-4-5-6-7-8-9-10-11-12-13-18-24-22(23)21-16-14-20(15-17-21)19(2)3/h14-17H,2,4-13,18H2,1,3H3. The number of hydrogen-bond donors (Lipinski definition) is 0. The summed E-state index contributed by atoms with van der Waals surface area (Å²) in [5.74, 6) is -0.223. The van der Waals surface area contributed by atoms with Crippen LogP contribution in [0.4, 0.5) is 0 Å². The van der Waals surface area contributed by atoms with E-state index in [2.05, 4.69) is 13.5 Å². The van der Waals surface area contributed by atoms with Crippen molar-refractivity contribution in [2.24, 2.45) is 0 Å². The number of benzene rings is 1. The molecule has 2 heteroatoms. The van der Waals surface area contributed by atoms with E-state index in [1.807, 2.05) is 31.2 Å². The third-order valence-corrected chi connectivity index (χ3v) is 4.34. The van der Waals surface area contributed by atoms with E-state index in [0.717, 1.165) is 24.0 Å². The van der Waals surface area contributed by atoms with Gasteiger partial charge in [-0.3, -0.25) is 0 Å². The molecule has 1 aromatic carbocycles. The minimum absolute atomic E-state index is 0.223. The predicted molar refractivity (Wildman–Crippen MR) is 103 cm³/mol. The topological polar surface area (TPSA) is 26.3 Å². The van der Waals surface area contributed by atoms with E-state index in [1.54, 1.807) is 0 Å². The van der Waals surface area contributed by atoms with Gasteiger partial charge in [-0.25, -0.2) is 4.79 Å². The molecule has 0 unspecified atom stereocenters. The first kappa shape index (κ1) is 20.5. The van der Waals surface area contributed by atoms with E-state index in [-0.39, 0.29) is 5.97 Å². The summed E-state index contributed by atoms with van der Waals surface area (Å²) in [7, 11) is 0. The lowest BCUT2D eigenvalue weighted by Gasteiger charge is -2.06. The van der Waals surface area contributed by atoms with E-state index < -0.39 is 0 Å². The number of unbranched alkanes of at least 4 members (excludes halogenated alkanes) is 9. The first-order chi connectivity index (χ1) is 11.6. The molecule has 2 nitrogen and oxygen atoms in total. The van der Waals surface area contributed by atoms with Crippen LogP contribution >= 0.6 is 0 Å². The van der Waals surface area contributed by atoms with Crippen LogP contribution in [0.5, 0.6) is 0 Å². The van der Waals surface area contributed by atoms with Crippen LogP contribution in [-0.4, -0.2) is 12.6 Å². The summed E-state index contributed by atoms with van der Waals surface area (Å²) in [4.78, 5) is 11.9. The molecule has 0 aliphatic rings. The lowest BCUT2D eigenvalue weighted by atomic mass is 10.1. The van der Waals surface area contributed by atoms with Gasteiger partial charge in [0.2, 0.25) is 0 Å². The highest BCUT2D eigenvalue weighted by atomic mass is 16.5. The molecule has 0 aliphatic carbocycles. The highest BCUT2D eigenvalue weighted by molar-refractivity contribution is 5.89. The maximum absolute atomic E-state index is 11.9. The van der Waals surface area contributed by atoms with E-state index in [9.17, 15) is 4.79 Å². The second-order valence-electron chi connectivity index (χ2n) is 6.68. The van der Waals surface area contributed by atoms with Crippen LogP contribution in [0.25, 0.3) is 5.57 Å². The minimum atomic E-state index is -0.223. The second kappa shape index (κ2) is 12.8. The molecule has 1 rings (SSSR count). The maximum Gasteiger partial charge on any atom is 0.338 e. The zero-order chi connectivity index (χ0) is 17.6. The van der Waals surface area contributed by atoms with Crippen molar-refractivity contribution in [1.82, 2.24) is 0 Å². The fraction of sp³-hybridized carbons (Fsp3) is 0.591. The molecule has 0 atom stereocenters. The number of allylic oxidation sites excluding steroid dienone is 1. The number of esters is 1. The first-order valence-electron chi connectivity index (χ1n) is 9.58. The van der Waals surface area contributed by atoms with E-state index in [4.69, 9.17) is 4.74 Å². The van der Waals surface area contributed by atoms with Gasteiger partial charge in [-0.05, 0) is 31.0 Å². The lowest BCUT2D eigenvalue weighted by molar-refractivity contribution is 0.0497. The van der Waals surface area contributed by atoms with E-state index >= 15 is 0 Å². The molecule has 0 amide bonds. The smallest absolute Gasteiger partial charge is 0.338 e. The second-order valence-corrected chi connectivity index (χ2v) is 6.68. The van der Waals surface area contributed by atoms with Crippen LogP contribution in [0.3, 0.4) is 0 Å². The summed E-state index contributed by atoms with van der Waals surface area (Å²) in [6.07, 6.45) is 12.9. The van der Waals surface area contributed by atoms with Gasteiger partial charge in [0, 0.05) is 0 Å². The van der Waals surface area contributed by atoms with Crippen LogP contribution in [0.2, 0.25) is 0 Å². The molecule has 0 spiro atoms. The van der Waals surface area contributed by atoms with Gasteiger partial charge >= 0.3 is 5.97 Å². The summed E-state index contributed by atoms with van der Waals surface area (Å²) in [5, 5.41) is 0. The largest absolute Gasteiger partial charge is 0.462 e. The summed E-state index contributed by atoms with van der Waals surface area (Å²) in [6, 6.07) is 7.45. The van der Waals surface area contributed by atoms with Gasteiger partial charge in [-0.15, -0.1) is 0 Å². The Morgan fingerprint density at radius 3 is 1.79 bits per heavy atom. The van der Waals surface area contributed by atoms with Crippen LogP contribution in [0.15, 0.2) is 30.8 Å². The highest BCUT2D eigenvalue weighted by Gasteiger charge is 2.06. The average Bonchev–Trinajstić information content (AvgIpc) is 2.59. The van der Waals surface area contributed by atoms with Gasteiger partial charge in [0.25, 0.3) is 0 Å². The summed E-state index contributed by atoms with van der Waals surface area (Å²) in [5.41, 5.74) is 2.67. The van der Waals surface area contributed by atoms with Crippen molar-refractivity contribution >= 4 is 11.5 Å². The van der Waals surface area contributed by atoms with Crippen molar-refractivity contribution in [2.45, 2.75) is 78.1 Å². The van der Waals surface area contributed by atoms with Crippen LogP contribution in [-0.2, 0) is 4.74 Å². The van der Waals surface area contributed by atoms with Crippen molar-refractivity contribution in [3.63, 3.8) is 0 Å². The average molecular weight is 331 g/mol. The molecule has 134 valence electrons. The Labute approximate surface area is 148 Å². The monoisotopic (exact) mass is 330 g/mol. The number of carbonyl (C=O) groups excluding carboxylic acids is 1. The first-order valence-corrected chi connectivity index (χ1v) is 9.58. The Morgan fingerprint density at radius 1 is 0.833 bits per heavy atom. The van der Waals surface area contributed by atoms with Crippen molar-refractivity contribution in [3.8, 4) is 0 Å². The van der Waals surface area contributed by atoms with Crippen LogP contribution in [0.1, 0.15) is 94.0 Å². The number of carbonyl (C=O) groups is 1. The molecular formula is C22H34O2. The maximum atomic E-state index is 11.9. The van der Waals surface area contributed by atoms with Crippen LogP contribution < -0.4 is 0 Å². The van der Waals surface area contributed by atoms with Gasteiger partial charge in [0.1, 0.15) is 0 Å². The lowest BCUT2D eigenvalue weighted by Crippen LogP contribution is -2.06. The zero-order valence-electron chi connectivity index (χ0n) is 15.6. The summed E-state index contributed by atoms with van der Waals surface area (Å²) in [6.45, 7) is 8.63. The number of hydrogen-bond acceptors (Lipinski definition) is 2. The predicted octanol–water partition coefficient (Wildman–Crippen LogP) is 6.80. The van der Waals surface area contributed by atoms with Gasteiger partial charge < -0.3 is 4.74 Å². The van der Waals surface area contributed by atoms with Gasteiger partial charge in [-0.1, -0.05) is 89.0 Å². The van der Waals surface area contributed by atoms with E-state index in [1.165, 1.54) is 51.4 Å². The fourth-order valence-electron chi connectivity index (χ4n) is 2.73. The molecule has 0 saturated carbocycles. The van der Waals surface area contributed by atoms with Crippen molar-refractivity contribution < 1.29 is 9.53 Å². The molecule has 0 bridgehead atoms. The Bertz CT molecular complexity index is 473. The fourth-order valence-corrected chi connectivity index (χ4v) is 2.73. The summed E-state index contributed by atoms with van der Waals surface area (Å²) >= 11 is 0.